The fraction of sp³-hybridized carbons (Fsp3) is 0.333. The molecule has 0 fully saturated rings. The van der Waals surface area contributed by atoms with Crippen molar-refractivity contribution >= 4 is 11.3 Å². The summed E-state index contributed by atoms with van der Waals surface area (Å²) in [5, 5.41) is 8.12. The molecule has 2 rings (SSSR count). The van der Waals surface area contributed by atoms with Crippen LogP contribution in [0.4, 0.5) is 5.69 Å². The largest absolute Gasteiger partial charge is 0.396 e. The number of pyridine rings is 1. The zero-order valence-electron chi connectivity index (χ0n) is 7.73. The average Bonchev–Trinajstić information content (AvgIpc) is 2.48. The smallest absolute Gasteiger partial charge is 0.183 e. The Bertz CT molecular complexity index is 430. The Morgan fingerprint density at radius 2 is 2.15 bits per heavy atom. The van der Waals surface area contributed by atoms with E-state index in [1.54, 1.807) is 0 Å². The Labute approximate surface area is 76.4 Å². The summed E-state index contributed by atoms with van der Waals surface area (Å²) in [6.07, 6.45) is 1.93. The number of hydrogen-bond donors (Lipinski definition) is 1. The van der Waals surface area contributed by atoms with Gasteiger partial charge in [0.1, 0.15) is 5.82 Å². The Balaban J connectivity index is 2.75. The van der Waals surface area contributed by atoms with Gasteiger partial charge in [0.15, 0.2) is 5.65 Å². The molecule has 0 unspecified atom stereocenters. The van der Waals surface area contributed by atoms with Crippen molar-refractivity contribution in [3.63, 3.8) is 0 Å². The second-order valence-electron chi connectivity index (χ2n) is 3.37. The van der Waals surface area contributed by atoms with Gasteiger partial charge in [-0.2, -0.15) is 0 Å². The molecule has 0 amide bonds. The number of rotatable bonds is 1. The van der Waals surface area contributed by atoms with Crippen LogP contribution in [0, 0.1) is 0 Å². The van der Waals surface area contributed by atoms with Crippen LogP contribution in [0.5, 0.6) is 0 Å². The maximum absolute atomic E-state index is 5.75. The van der Waals surface area contributed by atoms with E-state index in [1.807, 2.05) is 22.7 Å². The van der Waals surface area contributed by atoms with Crippen molar-refractivity contribution in [2.24, 2.45) is 0 Å². The highest BCUT2D eigenvalue weighted by Crippen LogP contribution is 2.16. The zero-order valence-corrected chi connectivity index (χ0v) is 7.73. The number of hydrogen-bond acceptors (Lipinski definition) is 3. The van der Waals surface area contributed by atoms with Crippen LogP contribution in [0.3, 0.4) is 0 Å². The molecule has 0 aliphatic rings. The highest BCUT2D eigenvalue weighted by atomic mass is 15.3. The van der Waals surface area contributed by atoms with Crippen LogP contribution in [0.15, 0.2) is 18.3 Å². The van der Waals surface area contributed by atoms with Crippen LogP contribution in [0.1, 0.15) is 25.6 Å². The molecule has 13 heavy (non-hydrogen) atoms. The van der Waals surface area contributed by atoms with Crippen molar-refractivity contribution in [3.05, 3.63) is 24.2 Å². The van der Waals surface area contributed by atoms with E-state index in [0.29, 0.717) is 11.6 Å². The molecule has 2 aromatic rings. The third kappa shape index (κ3) is 1.14. The summed E-state index contributed by atoms with van der Waals surface area (Å²) >= 11 is 0. The molecule has 68 valence electrons. The van der Waals surface area contributed by atoms with E-state index in [9.17, 15) is 0 Å². The van der Waals surface area contributed by atoms with Crippen LogP contribution < -0.4 is 5.73 Å². The van der Waals surface area contributed by atoms with E-state index >= 15 is 0 Å². The summed E-state index contributed by atoms with van der Waals surface area (Å²) < 4.78 is 1.93. The lowest BCUT2D eigenvalue weighted by Crippen LogP contribution is -1.97. The van der Waals surface area contributed by atoms with Gasteiger partial charge in [-0.1, -0.05) is 13.8 Å². The molecule has 0 aliphatic carbocycles. The molecule has 0 spiro atoms. The number of anilines is 1. The van der Waals surface area contributed by atoms with Gasteiger partial charge < -0.3 is 5.73 Å². The molecule has 0 bridgehead atoms. The quantitative estimate of drug-likeness (QED) is 0.715. The van der Waals surface area contributed by atoms with E-state index in [-0.39, 0.29) is 0 Å². The first-order chi connectivity index (χ1) is 6.20. The molecular formula is C9H12N4. The van der Waals surface area contributed by atoms with Crippen molar-refractivity contribution in [2.75, 3.05) is 5.73 Å². The Morgan fingerprint density at radius 1 is 1.38 bits per heavy atom. The number of aromatic nitrogens is 3. The summed E-state index contributed by atoms with van der Waals surface area (Å²) in [6, 6.07) is 3.73. The average molecular weight is 176 g/mol. The lowest BCUT2D eigenvalue weighted by atomic mass is 10.2. The fourth-order valence-corrected chi connectivity index (χ4v) is 1.35. The van der Waals surface area contributed by atoms with E-state index in [2.05, 4.69) is 24.0 Å². The van der Waals surface area contributed by atoms with Crippen molar-refractivity contribution in [2.45, 2.75) is 19.8 Å². The highest BCUT2D eigenvalue weighted by Gasteiger charge is 2.09. The maximum atomic E-state index is 5.75. The van der Waals surface area contributed by atoms with Gasteiger partial charge in [-0.05, 0) is 12.1 Å². The summed E-state index contributed by atoms with van der Waals surface area (Å²) in [4.78, 5) is 0. The minimum Gasteiger partial charge on any atom is -0.396 e. The summed E-state index contributed by atoms with van der Waals surface area (Å²) in [7, 11) is 0. The topological polar surface area (TPSA) is 56.2 Å². The molecule has 2 aromatic heterocycles. The van der Waals surface area contributed by atoms with Crippen LogP contribution in [0.2, 0.25) is 0 Å². The van der Waals surface area contributed by atoms with E-state index in [4.69, 9.17) is 5.73 Å². The van der Waals surface area contributed by atoms with Crippen molar-refractivity contribution in [1.29, 1.82) is 0 Å². The standard InChI is InChI=1S/C9H12N4/c1-6(2)8-11-12-9-7(10)4-3-5-13(8)9/h3-6H,10H2,1-2H3. The van der Waals surface area contributed by atoms with Crippen LogP contribution in [0.25, 0.3) is 5.65 Å². The van der Waals surface area contributed by atoms with Crippen molar-refractivity contribution < 1.29 is 0 Å². The van der Waals surface area contributed by atoms with E-state index < -0.39 is 0 Å². The number of nitrogen functional groups attached to an aromatic ring is 1. The van der Waals surface area contributed by atoms with E-state index in [0.717, 1.165) is 11.5 Å². The molecule has 0 radical (unpaired) electrons. The first-order valence-electron chi connectivity index (χ1n) is 4.29. The molecule has 0 aliphatic heterocycles. The minimum absolute atomic E-state index is 0.358. The molecule has 4 nitrogen and oxygen atoms in total. The van der Waals surface area contributed by atoms with Gasteiger partial charge in [0.05, 0.1) is 5.69 Å². The first kappa shape index (κ1) is 8.04. The van der Waals surface area contributed by atoms with Crippen molar-refractivity contribution in [3.8, 4) is 0 Å². The Hall–Kier alpha value is -1.58. The second-order valence-corrected chi connectivity index (χ2v) is 3.37. The number of nitrogens with two attached hydrogens (primary N) is 1. The minimum atomic E-state index is 0.358. The molecule has 4 heteroatoms. The molecule has 0 saturated heterocycles. The molecule has 0 saturated carbocycles. The number of fused-ring (bicyclic) bond motifs is 1. The van der Waals surface area contributed by atoms with Crippen LogP contribution in [-0.4, -0.2) is 14.6 Å². The van der Waals surface area contributed by atoms with Gasteiger partial charge in [-0.25, -0.2) is 0 Å². The highest BCUT2D eigenvalue weighted by molar-refractivity contribution is 5.63. The molecule has 0 aromatic carbocycles. The van der Waals surface area contributed by atoms with Crippen LogP contribution in [-0.2, 0) is 0 Å². The SMILES string of the molecule is CC(C)c1nnc2c(N)cccn12. The normalized spacial score (nSPS) is 11.3. The van der Waals surface area contributed by atoms with Crippen molar-refractivity contribution in [1.82, 2.24) is 14.6 Å². The summed E-state index contributed by atoms with van der Waals surface area (Å²) in [5.41, 5.74) is 7.16. The fourth-order valence-electron chi connectivity index (χ4n) is 1.35. The van der Waals surface area contributed by atoms with E-state index in [1.165, 1.54) is 0 Å². The Kier molecular flexibility index (Phi) is 1.69. The third-order valence-electron chi connectivity index (χ3n) is 2.01. The van der Waals surface area contributed by atoms with Gasteiger partial charge in [0.2, 0.25) is 0 Å². The van der Waals surface area contributed by atoms with Gasteiger partial charge in [-0.3, -0.25) is 4.40 Å². The monoisotopic (exact) mass is 176 g/mol. The first-order valence-corrected chi connectivity index (χ1v) is 4.29. The summed E-state index contributed by atoms with van der Waals surface area (Å²) in [5.74, 6) is 1.30. The second kappa shape index (κ2) is 2.73. The van der Waals surface area contributed by atoms with Gasteiger partial charge >= 0.3 is 0 Å². The predicted octanol–water partition coefficient (Wildman–Crippen LogP) is 1.43. The molecule has 2 heterocycles. The van der Waals surface area contributed by atoms with Gasteiger partial charge in [0.25, 0.3) is 0 Å². The lowest BCUT2D eigenvalue weighted by molar-refractivity contribution is 0.759. The maximum Gasteiger partial charge on any atom is 0.183 e. The third-order valence-corrected chi connectivity index (χ3v) is 2.01. The number of nitrogens with zero attached hydrogens (tertiary/aromatic N) is 3. The zero-order chi connectivity index (χ0) is 9.42. The molecule has 2 N–H and O–H groups in total. The summed E-state index contributed by atoms with van der Waals surface area (Å²) in [6.45, 7) is 4.17. The molecule has 0 atom stereocenters. The van der Waals surface area contributed by atoms with Gasteiger partial charge in [-0.15, -0.1) is 10.2 Å². The molecular weight excluding hydrogens is 164 g/mol. The lowest BCUT2D eigenvalue weighted by Gasteiger charge is -2.02. The predicted molar refractivity (Wildman–Crippen MR) is 51.5 cm³/mol. The van der Waals surface area contributed by atoms with Gasteiger partial charge in [0, 0.05) is 12.1 Å². The van der Waals surface area contributed by atoms with Crippen LogP contribution >= 0.6 is 0 Å². The Morgan fingerprint density at radius 3 is 2.85 bits per heavy atom.